The van der Waals surface area contributed by atoms with Crippen LogP contribution in [0.3, 0.4) is 0 Å². The SMILES string of the molecule is C[C@@H]1CC=CC=C1C(F)(F)F. The standard InChI is InChI=1S/C8H9F3/c1-6-4-2-3-5-7(6)8(9,10)11/h2-3,5-6H,4H2,1H3/t6-/m1/s1. The van der Waals surface area contributed by atoms with Gasteiger partial charge in [-0.15, -0.1) is 0 Å². The number of allylic oxidation sites excluding steroid dienone is 4. The lowest BCUT2D eigenvalue weighted by Crippen LogP contribution is -2.19. The van der Waals surface area contributed by atoms with Crippen LogP contribution in [0.25, 0.3) is 0 Å². The first-order chi connectivity index (χ1) is 5.02. The first-order valence-corrected chi connectivity index (χ1v) is 3.45. The van der Waals surface area contributed by atoms with Crippen molar-refractivity contribution in [2.45, 2.75) is 19.5 Å². The number of hydrogen-bond donors (Lipinski definition) is 0. The van der Waals surface area contributed by atoms with Crippen LogP contribution < -0.4 is 0 Å². The third kappa shape index (κ3) is 1.85. The van der Waals surface area contributed by atoms with Crippen molar-refractivity contribution in [3.63, 3.8) is 0 Å². The summed E-state index contributed by atoms with van der Waals surface area (Å²) in [6.45, 7) is 1.59. The number of rotatable bonds is 0. The Kier molecular flexibility index (Phi) is 2.07. The van der Waals surface area contributed by atoms with Crippen LogP contribution in [-0.2, 0) is 0 Å². The van der Waals surface area contributed by atoms with Gasteiger partial charge in [0, 0.05) is 5.57 Å². The second-order valence-corrected chi connectivity index (χ2v) is 2.68. The minimum absolute atomic E-state index is 0.389. The Morgan fingerprint density at radius 1 is 1.45 bits per heavy atom. The van der Waals surface area contributed by atoms with Crippen molar-refractivity contribution < 1.29 is 13.2 Å². The van der Waals surface area contributed by atoms with Gasteiger partial charge in [-0.2, -0.15) is 13.2 Å². The highest BCUT2D eigenvalue weighted by atomic mass is 19.4. The summed E-state index contributed by atoms with van der Waals surface area (Å²) < 4.78 is 36.3. The van der Waals surface area contributed by atoms with Gasteiger partial charge in [0.15, 0.2) is 0 Å². The molecular formula is C8H9F3. The molecule has 0 aliphatic heterocycles. The van der Waals surface area contributed by atoms with E-state index in [0.29, 0.717) is 6.42 Å². The van der Waals surface area contributed by atoms with E-state index in [-0.39, 0.29) is 5.92 Å². The zero-order valence-electron chi connectivity index (χ0n) is 6.15. The van der Waals surface area contributed by atoms with Gasteiger partial charge in [-0.3, -0.25) is 0 Å². The molecule has 0 radical (unpaired) electrons. The molecule has 0 aromatic rings. The molecule has 0 bridgehead atoms. The lowest BCUT2D eigenvalue weighted by Gasteiger charge is -2.19. The zero-order valence-corrected chi connectivity index (χ0v) is 6.15. The van der Waals surface area contributed by atoms with Crippen LogP contribution in [0.2, 0.25) is 0 Å². The molecule has 0 aromatic carbocycles. The Morgan fingerprint density at radius 3 is 2.45 bits per heavy atom. The number of hydrogen-bond acceptors (Lipinski definition) is 0. The van der Waals surface area contributed by atoms with Gasteiger partial charge in [0.25, 0.3) is 0 Å². The molecule has 1 atom stereocenters. The Labute approximate surface area is 63.4 Å². The molecule has 0 heterocycles. The minimum Gasteiger partial charge on any atom is -0.166 e. The molecule has 3 heteroatoms. The maximum Gasteiger partial charge on any atom is 0.412 e. The fraction of sp³-hybridized carbons (Fsp3) is 0.500. The van der Waals surface area contributed by atoms with Crippen LogP contribution >= 0.6 is 0 Å². The summed E-state index contributed by atoms with van der Waals surface area (Å²) in [6, 6.07) is 0. The van der Waals surface area contributed by atoms with Crippen molar-refractivity contribution in [3.05, 3.63) is 23.8 Å². The monoisotopic (exact) mass is 162 g/mol. The van der Waals surface area contributed by atoms with Gasteiger partial charge in [-0.05, 0) is 12.3 Å². The van der Waals surface area contributed by atoms with Gasteiger partial charge in [0.05, 0.1) is 0 Å². The van der Waals surface area contributed by atoms with Crippen molar-refractivity contribution >= 4 is 0 Å². The van der Waals surface area contributed by atoms with E-state index in [1.165, 1.54) is 6.08 Å². The highest BCUT2D eigenvalue weighted by Crippen LogP contribution is 2.34. The Hall–Kier alpha value is -0.730. The van der Waals surface area contributed by atoms with Gasteiger partial charge in [-0.25, -0.2) is 0 Å². The molecule has 0 fully saturated rings. The van der Waals surface area contributed by atoms with Crippen LogP contribution in [0.5, 0.6) is 0 Å². The topological polar surface area (TPSA) is 0 Å². The van der Waals surface area contributed by atoms with Crippen molar-refractivity contribution in [2.75, 3.05) is 0 Å². The van der Waals surface area contributed by atoms with Crippen molar-refractivity contribution in [2.24, 2.45) is 5.92 Å². The summed E-state index contributed by atoms with van der Waals surface area (Å²) in [7, 11) is 0. The van der Waals surface area contributed by atoms with Crippen LogP contribution in [0, 0.1) is 5.92 Å². The van der Waals surface area contributed by atoms with E-state index in [2.05, 4.69) is 0 Å². The summed E-state index contributed by atoms with van der Waals surface area (Å²) in [6.07, 6.45) is 0.701. The van der Waals surface area contributed by atoms with Crippen LogP contribution in [0.1, 0.15) is 13.3 Å². The van der Waals surface area contributed by atoms with Crippen LogP contribution in [0.4, 0.5) is 13.2 Å². The van der Waals surface area contributed by atoms with Gasteiger partial charge in [-0.1, -0.05) is 25.2 Å². The Bertz CT molecular complexity index is 198. The largest absolute Gasteiger partial charge is 0.412 e. The van der Waals surface area contributed by atoms with Crippen molar-refractivity contribution in [1.29, 1.82) is 0 Å². The van der Waals surface area contributed by atoms with E-state index >= 15 is 0 Å². The van der Waals surface area contributed by atoms with E-state index in [9.17, 15) is 13.2 Å². The number of alkyl halides is 3. The van der Waals surface area contributed by atoms with Crippen molar-refractivity contribution in [1.82, 2.24) is 0 Å². The minimum atomic E-state index is -4.15. The molecule has 1 aliphatic carbocycles. The molecule has 1 aliphatic rings. The van der Waals surface area contributed by atoms with Crippen molar-refractivity contribution in [3.8, 4) is 0 Å². The Balaban J connectivity index is 2.84. The summed E-state index contributed by atoms with van der Waals surface area (Å²) >= 11 is 0. The fourth-order valence-electron chi connectivity index (χ4n) is 1.12. The third-order valence-corrected chi connectivity index (χ3v) is 1.76. The molecule has 0 amide bonds. The van der Waals surface area contributed by atoms with Gasteiger partial charge in [0.1, 0.15) is 0 Å². The molecule has 0 saturated heterocycles. The van der Waals surface area contributed by atoms with E-state index in [0.717, 1.165) is 6.08 Å². The molecule has 0 unspecified atom stereocenters. The molecular weight excluding hydrogens is 153 g/mol. The maximum absolute atomic E-state index is 12.1. The third-order valence-electron chi connectivity index (χ3n) is 1.76. The quantitative estimate of drug-likeness (QED) is 0.513. The predicted octanol–water partition coefficient (Wildman–Crippen LogP) is 3.07. The lowest BCUT2D eigenvalue weighted by molar-refractivity contribution is -0.0984. The molecule has 0 N–H and O–H groups in total. The average molecular weight is 162 g/mol. The molecule has 0 aromatic heterocycles. The normalized spacial score (nSPS) is 25.1. The van der Waals surface area contributed by atoms with Gasteiger partial charge in [0.2, 0.25) is 0 Å². The van der Waals surface area contributed by atoms with E-state index < -0.39 is 11.7 Å². The summed E-state index contributed by atoms with van der Waals surface area (Å²) in [4.78, 5) is 0. The van der Waals surface area contributed by atoms with E-state index in [1.54, 1.807) is 13.0 Å². The maximum atomic E-state index is 12.1. The summed E-state index contributed by atoms with van der Waals surface area (Å²) in [5.41, 5.74) is -0.417. The summed E-state index contributed by atoms with van der Waals surface area (Å²) in [5.74, 6) is -0.389. The smallest absolute Gasteiger partial charge is 0.166 e. The molecule has 0 saturated carbocycles. The highest BCUT2D eigenvalue weighted by molar-refractivity contribution is 5.23. The predicted molar refractivity (Wildman–Crippen MR) is 37.1 cm³/mol. The van der Waals surface area contributed by atoms with Crippen LogP contribution in [-0.4, -0.2) is 6.18 Å². The number of halogens is 3. The van der Waals surface area contributed by atoms with Crippen LogP contribution in [0.15, 0.2) is 23.8 Å². The second kappa shape index (κ2) is 2.72. The molecule has 11 heavy (non-hydrogen) atoms. The first kappa shape index (κ1) is 8.37. The fourth-order valence-corrected chi connectivity index (χ4v) is 1.12. The Morgan fingerprint density at radius 2 is 2.09 bits per heavy atom. The molecule has 0 nitrogen and oxygen atoms in total. The summed E-state index contributed by atoms with van der Waals surface area (Å²) in [5, 5.41) is 0. The zero-order chi connectivity index (χ0) is 8.48. The molecule has 62 valence electrons. The van der Waals surface area contributed by atoms with E-state index in [4.69, 9.17) is 0 Å². The first-order valence-electron chi connectivity index (χ1n) is 3.45. The highest BCUT2D eigenvalue weighted by Gasteiger charge is 2.36. The van der Waals surface area contributed by atoms with Gasteiger partial charge < -0.3 is 0 Å². The molecule has 0 spiro atoms. The molecule has 1 rings (SSSR count). The average Bonchev–Trinajstić information content (AvgIpc) is 1.86. The lowest BCUT2D eigenvalue weighted by atomic mass is 9.93. The van der Waals surface area contributed by atoms with E-state index in [1.807, 2.05) is 0 Å². The second-order valence-electron chi connectivity index (χ2n) is 2.68. The van der Waals surface area contributed by atoms with Gasteiger partial charge >= 0.3 is 6.18 Å².